The van der Waals surface area contributed by atoms with Gasteiger partial charge in [0.05, 0.1) is 118 Å². The van der Waals surface area contributed by atoms with Gasteiger partial charge in [0.1, 0.15) is 74.0 Å². The molecule has 0 fully saturated rings. The van der Waals surface area contributed by atoms with Gasteiger partial charge < -0.3 is 40.2 Å². The van der Waals surface area contributed by atoms with E-state index in [4.69, 9.17) is 26.5 Å². The van der Waals surface area contributed by atoms with Crippen LogP contribution in [0.15, 0.2) is 372 Å². The van der Waals surface area contributed by atoms with E-state index >= 15 is 0 Å². The maximum absolute atomic E-state index is 10.4. The molecule has 0 aliphatic rings. The third-order valence-electron chi connectivity index (χ3n) is 25.4. The number of hydrogen-bond donors (Lipinski definition) is 0. The fourth-order valence-electron chi connectivity index (χ4n) is 19.8. The van der Waals surface area contributed by atoms with Crippen molar-refractivity contribution in [2.45, 2.75) is 0 Å². The Labute approximate surface area is 730 Å². The Morgan fingerprint density at radius 2 is 0.550 bits per heavy atom. The Hall–Kier alpha value is -18.9. The lowest BCUT2D eigenvalue weighted by molar-refractivity contribution is 0.668. The minimum atomic E-state index is 0.511. The van der Waals surface area contributed by atoms with Crippen molar-refractivity contribution in [2.24, 2.45) is 0 Å². The van der Waals surface area contributed by atoms with E-state index in [1.54, 1.807) is 18.2 Å². The summed E-state index contributed by atoms with van der Waals surface area (Å²) >= 11 is 0. The van der Waals surface area contributed by atoms with E-state index in [2.05, 4.69) is 178 Å². The fourth-order valence-corrected chi connectivity index (χ4v) is 19.8. The Morgan fingerprint density at radius 1 is 0.194 bits per heavy atom. The van der Waals surface area contributed by atoms with Crippen LogP contribution < -0.4 is 0 Å². The van der Waals surface area contributed by atoms with E-state index in [1.165, 1.54) is 0 Å². The normalized spacial score (nSPS) is 11.7. The highest BCUT2D eigenvalue weighted by Crippen LogP contribution is 2.50. The van der Waals surface area contributed by atoms with Gasteiger partial charge in [-0.3, -0.25) is 0 Å². The first-order valence-electron chi connectivity index (χ1n) is 41.9. The molecule has 0 spiro atoms. The van der Waals surface area contributed by atoms with Crippen molar-refractivity contribution in [3.63, 3.8) is 0 Å². The summed E-state index contributed by atoms with van der Waals surface area (Å²) in [5.74, 6) is 0. The van der Waals surface area contributed by atoms with Crippen LogP contribution in [0.25, 0.3) is 247 Å². The first-order valence-corrected chi connectivity index (χ1v) is 41.9. The molecule has 129 heavy (non-hydrogen) atoms. The molecular weight excluding hydrogens is 1590 g/mol. The third kappa shape index (κ3) is 10.9. The molecule has 9 heterocycles. The van der Waals surface area contributed by atoms with Gasteiger partial charge in [0.25, 0.3) is 0 Å². The van der Waals surface area contributed by atoms with E-state index in [0.717, 1.165) is 236 Å². The lowest BCUT2D eigenvalue weighted by Crippen LogP contribution is -2.00. The summed E-state index contributed by atoms with van der Waals surface area (Å²) in [4.78, 5) is 0. The van der Waals surface area contributed by atoms with Gasteiger partial charge in [0.2, 0.25) is 0 Å². The summed E-state index contributed by atoms with van der Waals surface area (Å²) < 4.78 is 44.4. The molecule has 0 amide bonds. The van der Waals surface area contributed by atoms with Gasteiger partial charge in [-0.25, -0.2) is 0 Å². The highest BCUT2D eigenvalue weighted by molar-refractivity contribution is 6.28. The molecule has 0 saturated carbocycles. The van der Waals surface area contributed by atoms with Gasteiger partial charge in [-0.05, 0) is 193 Å². The Kier molecular flexibility index (Phi) is 16.0. The molecule has 15 heteroatoms. The molecule has 0 aliphatic carbocycles. The second-order valence-corrected chi connectivity index (χ2v) is 32.2. The van der Waals surface area contributed by atoms with Crippen molar-refractivity contribution < 1.29 is 26.5 Å². The average Bonchev–Trinajstić information content (AvgIpc) is 1.56. The van der Waals surface area contributed by atoms with Gasteiger partial charge in [0, 0.05) is 97.5 Å². The lowest BCUT2D eigenvalue weighted by atomic mass is 9.96. The zero-order chi connectivity index (χ0) is 86.0. The van der Waals surface area contributed by atoms with Crippen LogP contribution in [0, 0.1) is 68.0 Å². The predicted molar refractivity (Wildman–Crippen MR) is 511 cm³/mol. The van der Waals surface area contributed by atoms with Gasteiger partial charge >= 0.3 is 0 Å². The van der Waals surface area contributed by atoms with E-state index in [1.807, 2.05) is 200 Å². The number of nitrogens with zero attached hydrogens (tertiary/aromatic N) is 9. The number of fused-ring (bicyclic) bond motifs is 30. The van der Waals surface area contributed by atoms with Gasteiger partial charge in [-0.2, -0.15) is 31.6 Å². The highest BCUT2D eigenvalue weighted by Gasteiger charge is 2.28. The van der Waals surface area contributed by atoms with E-state index in [0.29, 0.717) is 44.5 Å². The minimum Gasteiger partial charge on any atom is -0.456 e. The minimum absolute atomic E-state index is 0.511. The lowest BCUT2D eigenvalue weighted by Gasteiger charge is -2.16. The molecule has 0 radical (unpaired) electrons. The molecule has 0 aliphatic heterocycles. The van der Waals surface area contributed by atoms with Crippen LogP contribution in [-0.2, 0) is 0 Å². The van der Waals surface area contributed by atoms with Gasteiger partial charge in [0.15, 0.2) is 11.2 Å². The predicted octanol–water partition coefficient (Wildman–Crippen LogP) is 30.0. The average molecular weight is 1650 g/mol. The first kappa shape index (κ1) is 72.9. The smallest absolute Gasteiger partial charge is 0.153 e. The van der Waals surface area contributed by atoms with Crippen LogP contribution in [0.5, 0.6) is 0 Å². The topological polar surface area (TPSA) is 236 Å². The van der Waals surface area contributed by atoms with Crippen molar-refractivity contribution >= 4 is 197 Å². The monoisotopic (exact) mass is 1650 g/mol. The SMILES string of the molecule is N#Cc1ccc(-n2c3ccccc3c3c4oc5c(C#N)cccc5c4ccc32)c(-c2ccc3oc4ccccc4c3c2)c1.N#Cc1ccc2oc3ccc(-c4cccc(C#N)c4-n4c5ccccc5c5c6oc7ccccc7c6ccc54)cc3c2c1.N#Cc1cccc(-n2c3ccccc3c3c4oc5c(C#N)cccc5c4ccc32)c1-c1ccc2oc3ccccc3c2c1. The molecule has 27 aromatic rings. The number of rotatable bonds is 6. The summed E-state index contributed by atoms with van der Waals surface area (Å²) in [6, 6.07) is 128. The molecule has 0 saturated heterocycles. The number of benzene rings is 18. The van der Waals surface area contributed by atoms with Crippen LogP contribution in [0.3, 0.4) is 0 Å². The molecule has 18 aromatic carbocycles. The molecule has 594 valence electrons. The zero-order valence-corrected chi connectivity index (χ0v) is 67.9. The first-order chi connectivity index (χ1) is 63.7. The maximum Gasteiger partial charge on any atom is 0.153 e. The van der Waals surface area contributed by atoms with Crippen molar-refractivity contribution in [1.82, 2.24) is 13.7 Å². The molecular formula is C114H57N9O6. The Bertz CT molecular complexity index is 9920. The van der Waals surface area contributed by atoms with Crippen LogP contribution >= 0.6 is 0 Å². The molecule has 0 unspecified atom stereocenters. The second-order valence-electron chi connectivity index (χ2n) is 32.2. The molecule has 15 nitrogen and oxygen atoms in total. The van der Waals surface area contributed by atoms with E-state index in [9.17, 15) is 31.6 Å². The van der Waals surface area contributed by atoms with Gasteiger partial charge in [-0.15, -0.1) is 0 Å². The van der Waals surface area contributed by atoms with Crippen molar-refractivity contribution in [3.05, 3.63) is 379 Å². The number of hydrogen-bond acceptors (Lipinski definition) is 12. The molecule has 9 aromatic heterocycles. The number of para-hydroxylation sites is 9. The standard InChI is InChI=1S/3C38H19N3O2/c39-20-23-7-6-13-31(35(23)22-15-18-34-29(19-22)25-9-2-4-14-33(25)42-34)41-30-12-3-1-10-28(30)36-32(41)17-16-27-26-11-5-8-24(21-40)37(26)43-38(27)36;39-20-22-12-16-34-29(18-22)30-19-23(13-17-35(30)42-34)25-9-5-6-24(21-40)37(25)41-31-10-3-1-8-28(31)36-32(41)15-14-27-26-7-2-4-11-33(26)43-38(27)36;39-20-22-12-15-32(29(18-22)23-13-17-35-30(19-23)25-7-2-4-11-34(25)42-35)41-31-10-3-1-8-28(31)36-33(41)16-14-27-26-9-5-6-24(21-40)37(26)43-38(27)36/h3*1-19H. The third-order valence-corrected chi connectivity index (χ3v) is 25.4. The Morgan fingerprint density at radius 3 is 1.09 bits per heavy atom. The van der Waals surface area contributed by atoms with E-state index in [-0.39, 0.29) is 0 Å². The fraction of sp³-hybridized carbons (Fsp3) is 0. The van der Waals surface area contributed by atoms with E-state index < -0.39 is 0 Å². The summed E-state index contributed by atoms with van der Waals surface area (Å²) in [5.41, 5.74) is 26.6. The molecule has 0 N–H and O–H groups in total. The van der Waals surface area contributed by atoms with Crippen molar-refractivity contribution in [1.29, 1.82) is 31.6 Å². The second kappa shape index (κ2) is 28.3. The van der Waals surface area contributed by atoms with Crippen molar-refractivity contribution in [3.8, 4) is 86.9 Å². The molecule has 27 rings (SSSR count). The highest BCUT2D eigenvalue weighted by atomic mass is 16.3. The summed E-state index contributed by atoms with van der Waals surface area (Å²) in [6.45, 7) is 0. The van der Waals surface area contributed by atoms with Crippen LogP contribution in [0.1, 0.15) is 33.4 Å². The van der Waals surface area contributed by atoms with Crippen LogP contribution in [0.4, 0.5) is 0 Å². The summed E-state index contributed by atoms with van der Waals surface area (Å²) in [7, 11) is 0. The van der Waals surface area contributed by atoms with Crippen LogP contribution in [-0.4, -0.2) is 13.7 Å². The Balaban J connectivity index is 0.000000105. The largest absolute Gasteiger partial charge is 0.456 e. The number of nitriles is 6. The zero-order valence-electron chi connectivity index (χ0n) is 67.9. The number of aromatic nitrogens is 3. The summed E-state index contributed by atoms with van der Waals surface area (Å²) in [5, 5.41) is 77.6. The maximum atomic E-state index is 10.4. The van der Waals surface area contributed by atoms with Crippen LogP contribution in [0.2, 0.25) is 0 Å². The quantitative estimate of drug-likeness (QED) is 0.151. The molecule has 0 bridgehead atoms. The molecule has 0 atom stereocenters. The summed E-state index contributed by atoms with van der Waals surface area (Å²) in [6.07, 6.45) is 0. The van der Waals surface area contributed by atoms with Crippen molar-refractivity contribution in [2.75, 3.05) is 0 Å². The number of furan rings is 6. The van der Waals surface area contributed by atoms with Gasteiger partial charge in [-0.1, -0.05) is 170 Å².